The van der Waals surface area contributed by atoms with Crippen LogP contribution in [0, 0.1) is 0 Å². The number of benzene rings is 6. The molecule has 2 aromatic heterocycles. The molecule has 5 heterocycles. The van der Waals surface area contributed by atoms with Crippen LogP contribution in [0.5, 0.6) is 0 Å². The third-order valence-electron chi connectivity index (χ3n) is 12.2. The van der Waals surface area contributed by atoms with E-state index in [1.54, 1.807) is 37.3 Å². The van der Waals surface area contributed by atoms with Gasteiger partial charge >= 0.3 is 5.97 Å². The molecule has 4 N–H and O–H groups in total. The van der Waals surface area contributed by atoms with E-state index >= 15 is 0 Å². The van der Waals surface area contributed by atoms with E-state index in [9.17, 15) is 19.2 Å². The molecule has 2 atom stereocenters. The predicted molar refractivity (Wildman–Crippen MR) is 265 cm³/mol. The van der Waals surface area contributed by atoms with Crippen LogP contribution in [0.3, 0.4) is 0 Å². The van der Waals surface area contributed by atoms with Crippen molar-refractivity contribution in [3.05, 3.63) is 200 Å². The number of nitrogens with zero attached hydrogens (tertiary/aromatic N) is 3. The Morgan fingerprint density at radius 2 is 0.940 bits per heavy atom. The van der Waals surface area contributed by atoms with Gasteiger partial charge in [0.2, 0.25) is 5.91 Å². The number of amides is 1. The van der Waals surface area contributed by atoms with Gasteiger partial charge in [-0.2, -0.15) is 10.2 Å². The molecule has 8 aromatic rings. The molecule has 67 heavy (non-hydrogen) atoms. The van der Waals surface area contributed by atoms with Gasteiger partial charge in [-0.15, -0.1) is 0 Å². The van der Waals surface area contributed by atoms with Crippen LogP contribution in [0.15, 0.2) is 155 Å². The highest BCUT2D eigenvalue weighted by Crippen LogP contribution is 2.30. The lowest BCUT2D eigenvalue weighted by Gasteiger charge is -2.21. The first-order valence-corrected chi connectivity index (χ1v) is 22.3. The minimum absolute atomic E-state index is 0. The summed E-state index contributed by atoms with van der Waals surface area (Å²) in [6, 6.07) is 46.5. The van der Waals surface area contributed by atoms with Crippen LogP contribution in [-0.4, -0.2) is 55.5 Å². The smallest absolute Gasteiger partial charge is 0.310 e. The summed E-state index contributed by atoms with van der Waals surface area (Å²) >= 11 is 0. The summed E-state index contributed by atoms with van der Waals surface area (Å²) < 4.78 is 4.94. The van der Waals surface area contributed by atoms with E-state index in [2.05, 4.69) is 62.1 Å². The van der Waals surface area contributed by atoms with Gasteiger partial charge in [0.05, 0.1) is 34.0 Å². The third kappa shape index (κ3) is 11.1. The first kappa shape index (κ1) is 47.4. The van der Waals surface area contributed by atoms with E-state index < -0.39 is 11.9 Å². The maximum Gasteiger partial charge on any atom is 0.310 e. The largest absolute Gasteiger partial charge is 0.481 e. The lowest BCUT2D eigenvalue weighted by Crippen LogP contribution is -2.29. The Morgan fingerprint density at radius 1 is 0.552 bits per heavy atom. The number of aromatic nitrogens is 4. The number of hydrogen-bond donors (Lipinski definition) is 4. The molecule has 0 spiro atoms. The van der Waals surface area contributed by atoms with Crippen molar-refractivity contribution in [1.29, 1.82) is 0 Å². The van der Waals surface area contributed by atoms with Gasteiger partial charge in [-0.05, 0) is 72.2 Å². The van der Waals surface area contributed by atoms with Crippen molar-refractivity contribution >= 4 is 33.4 Å². The number of carbonyl (C=O) groups is 2. The summed E-state index contributed by atoms with van der Waals surface area (Å²) in [6.45, 7) is 9.04. The molecule has 0 aliphatic carbocycles. The van der Waals surface area contributed by atoms with Gasteiger partial charge < -0.3 is 20.1 Å². The second-order valence-electron chi connectivity index (χ2n) is 16.6. The second-order valence-corrected chi connectivity index (χ2v) is 16.6. The molecule has 6 aromatic carbocycles. The number of hydrogen-bond acceptors (Lipinski definition) is 8. The zero-order valence-corrected chi connectivity index (χ0v) is 37.0. The van der Waals surface area contributed by atoms with E-state index in [4.69, 9.17) is 9.84 Å². The summed E-state index contributed by atoms with van der Waals surface area (Å²) in [5.74, 6) is -1.52. The number of carbonyl (C=O) groups excluding carboxylic acids is 1. The van der Waals surface area contributed by atoms with E-state index in [-0.39, 0.29) is 30.4 Å². The summed E-state index contributed by atoms with van der Waals surface area (Å²) in [4.78, 5) is 49.8. The van der Waals surface area contributed by atoms with Crippen LogP contribution in [0.1, 0.15) is 79.3 Å². The highest BCUT2D eigenvalue weighted by Gasteiger charge is 2.27. The van der Waals surface area contributed by atoms with Crippen molar-refractivity contribution in [2.45, 2.75) is 72.1 Å². The molecule has 12 nitrogen and oxygen atoms in total. The Kier molecular flexibility index (Phi) is 15.6. The van der Waals surface area contributed by atoms with Gasteiger partial charge in [-0.3, -0.25) is 19.2 Å². The summed E-state index contributed by atoms with van der Waals surface area (Å²) in [5.41, 5.74) is 9.76. The number of H-pyrrole nitrogens is 2. The Labute approximate surface area is 389 Å². The quantitative estimate of drug-likeness (QED) is 0.127. The molecule has 1 saturated heterocycles. The Hall–Kier alpha value is -7.54. The lowest BCUT2D eigenvalue weighted by molar-refractivity contribution is -0.138. The van der Waals surface area contributed by atoms with Crippen molar-refractivity contribution in [1.82, 2.24) is 30.6 Å². The van der Waals surface area contributed by atoms with E-state index in [0.29, 0.717) is 29.6 Å². The SMILES string of the molecule is C.C1CCOC1.CC(C(=O)N1Cc2ccccc2C1)c1ccc(-c2n[nH]c(=O)c3ccccc23)cc1.CC(C(=O)O)c1ccc(-c2n[nH]c(=O)c3ccccc23)cc1.c1ccc2c(c1)CNC2. The number of aromatic amines is 2. The van der Waals surface area contributed by atoms with Gasteiger partial charge in [0.25, 0.3) is 11.1 Å². The van der Waals surface area contributed by atoms with Crippen LogP contribution in [0.2, 0.25) is 0 Å². The second kappa shape index (κ2) is 22.1. The fraction of sp³-hybridized carbons (Fsp3) is 0.236. The molecule has 3 aliphatic rings. The highest BCUT2D eigenvalue weighted by atomic mass is 16.5. The van der Waals surface area contributed by atoms with Crippen molar-refractivity contribution in [2.75, 3.05) is 13.2 Å². The van der Waals surface area contributed by atoms with E-state index in [1.165, 1.54) is 35.1 Å². The van der Waals surface area contributed by atoms with Crippen molar-refractivity contribution in [3.8, 4) is 22.5 Å². The van der Waals surface area contributed by atoms with Crippen molar-refractivity contribution in [2.24, 2.45) is 0 Å². The monoisotopic (exact) mass is 896 g/mol. The molecule has 0 bridgehead atoms. The molecule has 0 saturated carbocycles. The maximum atomic E-state index is 13.1. The molecule has 11 rings (SSSR count). The first-order chi connectivity index (χ1) is 32.2. The molecule has 0 radical (unpaired) electrons. The lowest BCUT2D eigenvalue weighted by atomic mass is 9.97. The first-order valence-electron chi connectivity index (χ1n) is 22.3. The van der Waals surface area contributed by atoms with Crippen LogP contribution in [0.25, 0.3) is 44.1 Å². The summed E-state index contributed by atoms with van der Waals surface area (Å²) in [5, 5.41) is 28.6. The third-order valence-corrected chi connectivity index (χ3v) is 12.2. The Bertz CT molecular complexity index is 3030. The summed E-state index contributed by atoms with van der Waals surface area (Å²) in [7, 11) is 0. The van der Waals surface area contributed by atoms with E-state index in [1.807, 2.05) is 90.7 Å². The highest BCUT2D eigenvalue weighted by molar-refractivity contribution is 5.95. The number of rotatable bonds is 6. The predicted octanol–water partition coefficient (Wildman–Crippen LogP) is 9.74. The van der Waals surface area contributed by atoms with Gasteiger partial charge in [-0.1, -0.05) is 141 Å². The zero-order chi connectivity index (χ0) is 46.0. The normalized spacial score (nSPS) is 14.1. The van der Waals surface area contributed by atoms with Crippen molar-refractivity contribution < 1.29 is 19.4 Å². The van der Waals surface area contributed by atoms with Gasteiger partial charge in [0.1, 0.15) is 0 Å². The van der Waals surface area contributed by atoms with Gasteiger partial charge in [0.15, 0.2) is 0 Å². The number of nitrogens with one attached hydrogen (secondary N) is 3. The number of carboxylic acids is 1. The van der Waals surface area contributed by atoms with E-state index in [0.717, 1.165) is 65.0 Å². The summed E-state index contributed by atoms with van der Waals surface area (Å²) in [6.07, 6.45) is 2.56. The average Bonchev–Trinajstić information content (AvgIpc) is 4.19. The van der Waals surface area contributed by atoms with Crippen molar-refractivity contribution in [3.63, 3.8) is 0 Å². The zero-order valence-electron chi connectivity index (χ0n) is 37.0. The topological polar surface area (TPSA) is 170 Å². The number of carboxylic acid groups (broad SMARTS) is 1. The molecule has 12 heteroatoms. The molecule has 1 fully saturated rings. The number of ether oxygens (including phenoxy) is 1. The molecular weight excluding hydrogens is 841 g/mol. The fourth-order valence-electron chi connectivity index (χ4n) is 8.32. The van der Waals surface area contributed by atoms with Crippen LogP contribution < -0.4 is 16.4 Å². The molecule has 1 amide bonds. The maximum absolute atomic E-state index is 13.1. The van der Waals surface area contributed by atoms with Gasteiger partial charge in [-0.25, -0.2) is 10.2 Å². The number of fused-ring (bicyclic) bond motifs is 4. The molecule has 342 valence electrons. The standard InChI is InChI=1S/C25H21N3O2.C17H14N2O3.C8H9N.C4H8O.CH4/c1-16(25(30)28-14-19-6-2-3-7-20(19)15-28)17-10-12-18(13-11-17)23-21-8-4-5-9-22(21)24(29)27-26-23;1-10(17(21)22)11-6-8-12(9-7-11)15-13-4-2-3-5-14(13)16(20)19-18-15;1-2-4-8-6-9-5-7(8)3-1;1-2-4-5-3-1;/h2-13,16H,14-15H2,1H3,(H,27,29);2-10H,1H3,(H,19,20)(H,21,22);1-4,9H,5-6H2;1-4H2;1H4. The Balaban J connectivity index is 0.000000156. The molecular formula is C55H56N6O6. The molecule has 2 unspecified atom stereocenters. The average molecular weight is 897 g/mol. The number of aliphatic carboxylic acids is 1. The minimum atomic E-state index is -0.861. The fourth-order valence-corrected chi connectivity index (χ4v) is 8.32. The minimum Gasteiger partial charge on any atom is -0.481 e. The van der Waals surface area contributed by atoms with Crippen LogP contribution in [0.4, 0.5) is 0 Å². The van der Waals surface area contributed by atoms with Crippen LogP contribution >= 0.6 is 0 Å². The van der Waals surface area contributed by atoms with Crippen LogP contribution in [-0.2, 0) is 40.5 Å². The molecule has 3 aliphatic heterocycles. The van der Waals surface area contributed by atoms with Gasteiger partial charge in [0, 0.05) is 61.3 Å². The Morgan fingerprint density at radius 3 is 1.34 bits per heavy atom.